The highest BCUT2D eigenvalue weighted by Crippen LogP contribution is 2.33. The Hall–Kier alpha value is -2.77. The molecule has 1 aliphatic heterocycles. The van der Waals surface area contributed by atoms with E-state index in [0.29, 0.717) is 17.1 Å². The molecule has 1 aromatic rings. The van der Waals surface area contributed by atoms with Crippen molar-refractivity contribution in [1.82, 2.24) is 4.90 Å². The van der Waals surface area contributed by atoms with E-state index in [4.69, 9.17) is 18.9 Å². The third-order valence-corrected chi connectivity index (χ3v) is 3.93. The normalized spacial score (nSPS) is 14.5. The lowest BCUT2D eigenvalue weighted by molar-refractivity contribution is -0.169. The Kier molecular flexibility index (Phi) is 6.07. The van der Waals surface area contributed by atoms with Crippen molar-refractivity contribution in [2.45, 2.75) is 40.0 Å². The van der Waals surface area contributed by atoms with Gasteiger partial charge in [-0.25, -0.2) is 4.79 Å². The number of carbonyl (C=O) groups is 3. The second-order valence-electron chi connectivity index (χ2n) is 6.26. The van der Waals surface area contributed by atoms with E-state index in [1.54, 1.807) is 39.0 Å². The number of Topliss-reactive ketones (excluding diaryl/α,β-unsaturated/α-hetero) is 1. The summed E-state index contributed by atoms with van der Waals surface area (Å²) in [6.45, 7) is 6.49. The number of hydrogen-bond acceptors (Lipinski definition) is 7. The van der Waals surface area contributed by atoms with Gasteiger partial charge in [-0.15, -0.1) is 0 Å². The first-order valence-electron chi connectivity index (χ1n) is 8.28. The average Bonchev–Trinajstić information content (AvgIpc) is 3.06. The van der Waals surface area contributed by atoms with Crippen LogP contribution >= 0.6 is 0 Å². The fourth-order valence-corrected chi connectivity index (χ4v) is 2.17. The van der Waals surface area contributed by atoms with Gasteiger partial charge in [0.25, 0.3) is 0 Å². The van der Waals surface area contributed by atoms with Crippen LogP contribution in [0.4, 0.5) is 4.79 Å². The molecule has 0 saturated carbocycles. The number of ether oxygens (including phenoxy) is 4. The number of nitrogens with zero attached hydrogens (tertiary/aromatic N) is 1. The molecule has 1 heterocycles. The molecule has 0 saturated heterocycles. The predicted molar refractivity (Wildman–Crippen MR) is 91.0 cm³/mol. The second-order valence-corrected chi connectivity index (χ2v) is 6.26. The van der Waals surface area contributed by atoms with Crippen molar-refractivity contribution in [2.75, 3.05) is 13.8 Å². The largest absolute Gasteiger partial charge is 0.454 e. The molecule has 0 bridgehead atoms. The van der Waals surface area contributed by atoms with Gasteiger partial charge in [0.2, 0.25) is 13.1 Å². The lowest BCUT2D eigenvalue weighted by Gasteiger charge is -2.25. The minimum absolute atomic E-state index is 0.113. The standard InChI is InChI=1S/C18H23NO7/c1-10(2)17(21)25-12(4)26-18(22)19(5)11(3)16(20)13-6-7-14-15(8-13)24-9-23-14/h6-8,10-12H,9H2,1-5H3. The minimum atomic E-state index is -1.05. The first-order valence-corrected chi connectivity index (χ1v) is 8.28. The minimum Gasteiger partial charge on any atom is -0.454 e. The molecule has 8 nitrogen and oxygen atoms in total. The van der Waals surface area contributed by atoms with Gasteiger partial charge < -0.3 is 23.8 Å². The number of amides is 1. The van der Waals surface area contributed by atoms with Crippen LogP contribution in [-0.2, 0) is 14.3 Å². The van der Waals surface area contributed by atoms with Gasteiger partial charge in [0, 0.05) is 19.5 Å². The summed E-state index contributed by atoms with van der Waals surface area (Å²) in [6, 6.07) is 4.05. The number of esters is 1. The summed E-state index contributed by atoms with van der Waals surface area (Å²) >= 11 is 0. The van der Waals surface area contributed by atoms with Crippen LogP contribution in [0.1, 0.15) is 38.1 Å². The maximum Gasteiger partial charge on any atom is 0.413 e. The smallest absolute Gasteiger partial charge is 0.413 e. The van der Waals surface area contributed by atoms with Crippen molar-refractivity contribution in [3.63, 3.8) is 0 Å². The third-order valence-electron chi connectivity index (χ3n) is 3.93. The van der Waals surface area contributed by atoms with Gasteiger partial charge in [-0.3, -0.25) is 9.59 Å². The summed E-state index contributed by atoms with van der Waals surface area (Å²) in [6.07, 6.45) is -1.82. The first kappa shape index (κ1) is 19.6. The number of ketones is 1. The second kappa shape index (κ2) is 8.07. The summed E-state index contributed by atoms with van der Waals surface area (Å²) in [5, 5.41) is 0. The number of rotatable bonds is 6. The van der Waals surface area contributed by atoms with Crippen LogP contribution in [0, 0.1) is 5.92 Å². The number of carbonyl (C=O) groups excluding carboxylic acids is 3. The number of likely N-dealkylation sites (N-methyl/N-ethyl adjacent to an activating group) is 1. The lowest BCUT2D eigenvalue weighted by Crippen LogP contribution is -2.42. The van der Waals surface area contributed by atoms with Gasteiger partial charge in [-0.1, -0.05) is 13.8 Å². The van der Waals surface area contributed by atoms with E-state index in [-0.39, 0.29) is 18.5 Å². The van der Waals surface area contributed by atoms with E-state index in [0.717, 1.165) is 4.90 Å². The van der Waals surface area contributed by atoms with Crippen molar-refractivity contribution < 1.29 is 33.3 Å². The summed E-state index contributed by atoms with van der Waals surface area (Å²) in [5.41, 5.74) is 0.390. The highest BCUT2D eigenvalue weighted by atomic mass is 16.7. The Morgan fingerprint density at radius 3 is 2.35 bits per heavy atom. The van der Waals surface area contributed by atoms with Crippen molar-refractivity contribution in [3.8, 4) is 11.5 Å². The Morgan fingerprint density at radius 2 is 1.69 bits per heavy atom. The van der Waals surface area contributed by atoms with Crippen LogP contribution in [0.5, 0.6) is 11.5 Å². The van der Waals surface area contributed by atoms with Crippen LogP contribution in [0.2, 0.25) is 0 Å². The SMILES string of the molecule is CC(OC(=O)C(C)C)OC(=O)N(C)C(C)C(=O)c1ccc2c(c1)OCO2. The molecular formula is C18H23NO7. The molecule has 0 aromatic heterocycles. The maximum absolute atomic E-state index is 12.6. The lowest BCUT2D eigenvalue weighted by atomic mass is 10.0. The van der Waals surface area contributed by atoms with Crippen molar-refractivity contribution >= 4 is 17.8 Å². The Morgan fingerprint density at radius 1 is 1.04 bits per heavy atom. The fraction of sp³-hybridized carbons (Fsp3) is 0.500. The summed E-state index contributed by atoms with van der Waals surface area (Å²) in [5.74, 6) is -0.0299. The van der Waals surface area contributed by atoms with Crippen molar-refractivity contribution in [2.24, 2.45) is 5.92 Å². The molecule has 26 heavy (non-hydrogen) atoms. The molecule has 0 N–H and O–H groups in total. The van der Waals surface area contributed by atoms with Gasteiger partial charge in [0.05, 0.1) is 12.0 Å². The Bertz CT molecular complexity index is 701. The molecule has 142 valence electrons. The quantitative estimate of drug-likeness (QED) is 0.435. The third kappa shape index (κ3) is 4.44. The van der Waals surface area contributed by atoms with Crippen LogP contribution in [-0.4, -0.2) is 48.9 Å². The number of hydrogen-bond donors (Lipinski definition) is 0. The highest BCUT2D eigenvalue weighted by molar-refractivity contribution is 6.01. The maximum atomic E-state index is 12.6. The van der Waals surface area contributed by atoms with Crippen molar-refractivity contribution in [1.29, 1.82) is 0 Å². The highest BCUT2D eigenvalue weighted by Gasteiger charge is 2.28. The van der Waals surface area contributed by atoms with Gasteiger partial charge >= 0.3 is 12.1 Å². The van der Waals surface area contributed by atoms with Crippen LogP contribution in [0.25, 0.3) is 0 Å². The Labute approximate surface area is 152 Å². The molecule has 8 heteroatoms. The van der Waals surface area contributed by atoms with Crippen molar-refractivity contribution in [3.05, 3.63) is 23.8 Å². The fourth-order valence-electron chi connectivity index (χ4n) is 2.17. The molecule has 0 aliphatic carbocycles. The van der Waals surface area contributed by atoms with Crippen LogP contribution < -0.4 is 9.47 Å². The summed E-state index contributed by atoms with van der Waals surface area (Å²) < 4.78 is 20.5. The Balaban J connectivity index is 1.97. The van der Waals surface area contributed by atoms with E-state index in [1.807, 2.05) is 0 Å². The zero-order chi connectivity index (χ0) is 19.4. The summed E-state index contributed by atoms with van der Waals surface area (Å²) in [7, 11) is 1.44. The van der Waals surface area contributed by atoms with E-state index >= 15 is 0 Å². The molecule has 1 amide bonds. The van der Waals surface area contributed by atoms with Gasteiger partial charge in [-0.2, -0.15) is 0 Å². The average molecular weight is 365 g/mol. The molecule has 1 aliphatic rings. The number of fused-ring (bicyclic) bond motifs is 1. The molecule has 2 atom stereocenters. The van der Waals surface area contributed by atoms with E-state index < -0.39 is 24.4 Å². The van der Waals surface area contributed by atoms with Gasteiger partial charge in [0.1, 0.15) is 0 Å². The van der Waals surface area contributed by atoms with Crippen LogP contribution in [0.15, 0.2) is 18.2 Å². The zero-order valence-electron chi connectivity index (χ0n) is 15.5. The molecular weight excluding hydrogens is 342 g/mol. The monoisotopic (exact) mass is 365 g/mol. The van der Waals surface area contributed by atoms with Crippen LogP contribution in [0.3, 0.4) is 0 Å². The topological polar surface area (TPSA) is 91.4 Å². The molecule has 0 spiro atoms. The first-order chi connectivity index (χ1) is 12.2. The van der Waals surface area contributed by atoms with E-state index in [1.165, 1.54) is 14.0 Å². The zero-order valence-corrected chi connectivity index (χ0v) is 15.5. The molecule has 0 radical (unpaired) electrons. The summed E-state index contributed by atoms with van der Waals surface area (Å²) in [4.78, 5) is 37.5. The molecule has 0 fully saturated rings. The van der Waals surface area contributed by atoms with Gasteiger partial charge in [0.15, 0.2) is 17.3 Å². The predicted octanol–water partition coefficient (Wildman–Crippen LogP) is 2.60. The molecule has 2 unspecified atom stereocenters. The molecule has 1 aromatic carbocycles. The van der Waals surface area contributed by atoms with E-state index in [2.05, 4.69) is 0 Å². The van der Waals surface area contributed by atoms with Gasteiger partial charge in [-0.05, 0) is 25.1 Å². The van der Waals surface area contributed by atoms with E-state index in [9.17, 15) is 14.4 Å². The molecule has 2 rings (SSSR count). The number of benzene rings is 1.